The summed E-state index contributed by atoms with van der Waals surface area (Å²) in [6.07, 6.45) is 8.19. The van der Waals surface area contributed by atoms with Crippen LogP contribution in [0.25, 0.3) is 10.9 Å². The molecule has 1 saturated heterocycles. The van der Waals surface area contributed by atoms with E-state index in [-0.39, 0.29) is 11.9 Å². The van der Waals surface area contributed by atoms with E-state index in [1.54, 1.807) is 0 Å². The van der Waals surface area contributed by atoms with E-state index in [0.717, 1.165) is 42.6 Å². The molecule has 3 N–H and O–H groups in total. The van der Waals surface area contributed by atoms with Gasteiger partial charge in [-0.1, -0.05) is 54.8 Å². The number of fused-ring (bicyclic) bond motifs is 1. The average Bonchev–Trinajstić information content (AvgIpc) is 3.56. The fourth-order valence-electron chi connectivity index (χ4n) is 5.33. The first-order chi connectivity index (χ1) is 16.1. The van der Waals surface area contributed by atoms with Gasteiger partial charge in [-0.05, 0) is 69.0 Å². The number of hydrogen-bond donors (Lipinski definition) is 3. The van der Waals surface area contributed by atoms with Crippen LogP contribution < -0.4 is 10.6 Å². The van der Waals surface area contributed by atoms with Gasteiger partial charge in [0.1, 0.15) is 5.69 Å². The molecule has 5 nitrogen and oxygen atoms in total. The van der Waals surface area contributed by atoms with Gasteiger partial charge < -0.3 is 20.5 Å². The molecule has 2 fully saturated rings. The minimum Gasteiger partial charge on any atom is -0.381 e. The molecule has 1 amide bonds. The van der Waals surface area contributed by atoms with Crippen LogP contribution in [0, 0.1) is 0 Å². The molecule has 1 atom stereocenters. The Morgan fingerprint density at radius 3 is 2.58 bits per heavy atom. The Morgan fingerprint density at radius 1 is 1.06 bits per heavy atom. The Labute approximate surface area is 200 Å². The monoisotopic (exact) mass is 464 g/mol. The van der Waals surface area contributed by atoms with Crippen LogP contribution >= 0.6 is 11.6 Å². The maximum atomic E-state index is 13.3. The molecule has 0 unspecified atom stereocenters. The molecule has 0 spiro atoms. The topological polar surface area (TPSA) is 60.2 Å². The van der Waals surface area contributed by atoms with Gasteiger partial charge in [0.05, 0.1) is 11.2 Å². The molecule has 0 bridgehead atoms. The van der Waals surface area contributed by atoms with Gasteiger partial charge >= 0.3 is 0 Å². The number of nitrogens with one attached hydrogen (secondary N) is 3. The van der Waals surface area contributed by atoms with E-state index in [4.69, 9.17) is 11.6 Å². The number of amides is 1. The lowest BCUT2D eigenvalue weighted by atomic mass is 10.1. The SMILES string of the molecule is O=C(N[C@H](Cc1ccccc1)CN1CCCC1)c1cc2cc(Cl)cc(NC3CCCC3)c2[nH]1. The van der Waals surface area contributed by atoms with Crippen molar-refractivity contribution in [2.24, 2.45) is 0 Å². The van der Waals surface area contributed by atoms with Crippen molar-refractivity contribution in [1.29, 1.82) is 0 Å². The van der Waals surface area contributed by atoms with Crippen molar-refractivity contribution in [2.75, 3.05) is 25.0 Å². The van der Waals surface area contributed by atoms with E-state index < -0.39 is 0 Å². The third-order valence-electron chi connectivity index (χ3n) is 6.99. The van der Waals surface area contributed by atoms with Crippen LogP contribution in [0.15, 0.2) is 48.5 Å². The zero-order valence-corrected chi connectivity index (χ0v) is 19.8. The summed E-state index contributed by atoms with van der Waals surface area (Å²) in [6.45, 7) is 3.10. The number of anilines is 1. The summed E-state index contributed by atoms with van der Waals surface area (Å²) < 4.78 is 0. The zero-order chi connectivity index (χ0) is 22.6. The van der Waals surface area contributed by atoms with Crippen molar-refractivity contribution in [3.63, 3.8) is 0 Å². The molecule has 2 aliphatic rings. The first-order valence-electron chi connectivity index (χ1n) is 12.3. The Kier molecular flexibility index (Phi) is 6.88. The van der Waals surface area contributed by atoms with Gasteiger partial charge in [-0.2, -0.15) is 0 Å². The highest BCUT2D eigenvalue weighted by Crippen LogP contribution is 2.31. The average molecular weight is 465 g/mol. The Balaban J connectivity index is 1.35. The summed E-state index contributed by atoms with van der Waals surface area (Å²) >= 11 is 6.41. The first-order valence-corrected chi connectivity index (χ1v) is 12.7. The standard InChI is InChI=1S/C27H33ClN4O/c28-21-15-20-16-25(31-26(20)24(17-21)29-22-10-4-5-11-22)27(33)30-23(18-32-12-6-7-13-32)14-19-8-2-1-3-9-19/h1-3,8-9,15-17,22-23,29,31H,4-7,10-14,18H2,(H,30,33)/t23-/m1/s1. The van der Waals surface area contributed by atoms with Gasteiger partial charge in [0.2, 0.25) is 0 Å². The quantitative estimate of drug-likeness (QED) is 0.406. The van der Waals surface area contributed by atoms with Crippen LogP contribution in [-0.2, 0) is 6.42 Å². The Hall–Kier alpha value is -2.50. The van der Waals surface area contributed by atoms with E-state index in [9.17, 15) is 4.79 Å². The molecule has 174 valence electrons. The van der Waals surface area contributed by atoms with E-state index in [1.165, 1.54) is 44.1 Å². The van der Waals surface area contributed by atoms with Crippen LogP contribution in [0.5, 0.6) is 0 Å². The summed E-state index contributed by atoms with van der Waals surface area (Å²) in [7, 11) is 0. The number of aromatic nitrogens is 1. The van der Waals surface area contributed by atoms with E-state index in [2.05, 4.69) is 44.8 Å². The lowest BCUT2D eigenvalue weighted by molar-refractivity contribution is 0.0923. The predicted molar refractivity (Wildman–Crippen MR) is 136 cm³/mol. The zero-order valence-electron chi connectivity index (χ0n) is 19.1. The van der Waals surface area contributed by atoms with Gasteiger partial charge in [0.25, 0.3) is 5.91 Å². The second kappa shape index (κ2) is 10.2. The largest absolute Gasteiger partial charge is 0.381 e. The van der Waals surface area contributed by atoms with Crippen molar-refractivity contribution < 1.29 is 4.79 Å². The van der Waals surface area contributed by atoms with Crippen molar-refractivity contribution in [2.45, 2.75) is 57.0 Å². The number of likely N-dealkylation sites (tertiary alicyclic amines) is 1. The van der Waals surface area contributed by atoms with Crippen LogP contribution in [0.4, 0.5) is 5.69 Å². The second-order valence-corrected chi connectivity index (χ2v) is 10.0. The van der Waals surface area contributed by atoms with Gasteiger partial charge in [-0.3, -0.25) is 4.79 Å². The number of carbonyl (C=O) groups is 1. The van der Waals surface area contributed by atoms with Crippen LogP contribution in [-0.4, -0.2) is 47.5 Å². The number of aromatic amines is 1. The Bertz CT molecular complexity index is 1080. The van der Waals surface area contributed by atoms with Crippen LogP contribution in [0.1, 0.15) is 54.6 Å². The summed E-state index contributed by atoms with van der Waals surface area (Å²) in [5, 5.41) is 8.61. The number of nitrogens with zero attached hydrogens (tertiary/aromatic N) is 1. The molecule has 1 aliphatic heterocycles. The highest BCUT2D eigenvalue weighted by atomic mass is 35.5. The minimum atomic E-state index is -0.0609. The maximum absolute atomic E-state index is 13.3. The highest BCUT2D eigenvalue weighted by molar-refractivity contribution is 6.32. The Morgan fingerprint density at radius 2 is 1.82 bits per heavy atom. The fourth-order valence-corrected chi connectivity index (χ4v) is 5.56. The molecule has 6 heteroatoms. The molecule has 1 aromatic heterocycles. The summed E-state index contributed by atoms with van der Waals surface area (Å²) in [5.74, 6) is -0.0609. The molecular weight excluding hydrogens is 432 g/mol. The van der Waals surface area contributed by atoms with Crippen molar-refractivity contribution in [1.82, 2.24) is 15.2 Å². The summed E-state index contributed by atoms with van der Waals surface area (Å²) in [4.78, 5) is 19.2. The van der Waals surface area contributed by atoms with Crippen LogP contribution in [0.3, 0.4) is 0 Å². The molecular formula is C27H33ClN4O. The molecule has 5 rings (SSSR count). The minimum absolute atomic E-state index is 0.0593. The second-order valence-electron chi connectivity index (χ2n) is 9.59. The molecule has 1 saturated carbocycles. The summed E-state index contributed by atoms with van der Waals surface area (Å²) in [5.41, 5.74) is 3.77. The van der Waals surface area contributed by atoms with Gasteiger partial charge in [0.15, 0.2) is 0 Å². The molecule has 33 heavy (non-hydrogen) atoms. The van der Waals surface area contributed by atoms with Crippen molar-refractivity contribution in [3.8, 4) is 0 Å². The third kappa shape index (κ3) is 5.53. The predicted octanol–water partition coefficient (Wildman–Crippen LogP) is 5.61. The number of rotatable bonds is 8. The van der Waals surface area contributed by atoms with Gasteiger partial charge in [-0.25, -0.2) is 0 Å². The number of halogens is 1. The van der Waals surface area contributed by atoms with Gasteiger partial charge in [-0.15, -0.1) is 0 Å². The van der Waals surface area contributed by atoms with E-state index >= 15 is 0 Å². The molecule has 1 aliphatic carbocycles. The highest BCUT2D eigenvalue weighted by Gasteiger charge is 2.22. The number of benzene rings is 2. The number of hydrogen-bond acceptors (Lipinski definition) is 3. The molecule has 3 aromatic rings. The molecule has 2 heterocycles. The lowest BCUT2D eigenvalue weighted by Gasteiger charge is -2.24. The van der Waals surface area contributed by atoms with E-state index in [1.807, 2.05) is 24.3 Å². The third-order valence-corrected chi connectivity index (χ3v) is 7.21. The van der Waals surface area contributed by atoms with Crippen molar-refractivity contribution >= 4 is 34.1 Å². The first kappa shape index (κ1) is 22.3. The van der Waals surface area contributed by atoms with Crippen molar-refractivity contribution in [3.05, 3.63) is 64.8 Å². The maximum Gasteiger partial charge on any atom is 0.268 e. The van der Waals surface area contributed by atoms with Gasteiger partial charge in [0, 0.05) is 29.0 Å². The normalized spacial score (nSPS) is 18.1. The number of H-pyrrole nitrogens is 1. The van der Waals surface area contributed by atoms with E-state index in [0.29, 0.717) is 16.8 Å². The smallest absolute Gasteiger partial charge is 0.268 e. The fraction of sp³-hybridized carbons (Fsp3) is 0.444. The van der Waals surface area contributed by atoms with Crippen LogP contribution in [0.2, 0.25) is 5.02 Å². The molecule has 2 aromatic carbocycles. The number of carbonyl (C=O) groups excluding carboxylic acids is 1. The lowest BCUT2D eigenvalue weighted by Crippen LogP contribution is -2.44. The molecule has 0 radical (unpaired) electrons. The summed E-state index contributed by atoms with van der Waals surface area (Å²) in [6, 6.07) is 16.8.